The first kappa shape index (κ1) is 22.9. The SMILES string of the molecule is CC(C)Cn1cc([C@H](N[S@@](=O)C(C)(C)C)C(F)(F)F)c2ccc(C(C)C)cc21. The molecule has 2 rings (SSSR count). The second-order valence-electron chi connectivity index (χ2n) is 9.04. The molecule has 2 aromatic rings. The van der Waals surface area contributed by atoms with Crippen molar-refractivity contribution >= 4 is 21.9 Å². The number of fused-ring (bicyclic) bond motifs is 1. The Hall–Kier alpha value is -1.34. The summed E-state index contributed by atoms with van der Waals surface area (Å²) >= 11 is 0. The molecule has 0 bridgehead atoms. The molecule has 0 radical (unpaired) electrons. The van der Waals surface area contributed by atoms with E-state index >= 15 is 0 Å². The van der Waals surface area contributed by atoms with Crippen LogP contribution in [0.3, 0.4) is 0 Å². The van der Waals surface area contributed by atoms with Gasteiger partial charge in [-0.3, -0.25) is 0 Å². The number of alkyl halides is 3. The van der Waals surface area contributed by atoms with E-state index in [1.165, 1.54) is 0 Å². The van der Waals surface area contributed by atoms with E-state index in [1.54, 1.807) is 33.0 Å². The predicted molar refractivity (Wildman–Crippen MR) is 111 cm³/mol. The highest BCUT2D eigenvalue weighted by Gasteiger charge is 2.44. The summed E-state index contributed by atoms with van der Waals surface area (Å²) in [6.45, 7) is 13.8. The first-order chi connectivity index (χ1) is 12.7. The van der Waals surface area contributed by atoms with Gasteiger partial charge in [0.2, 0.25) is 0 Å². The fraction of sp³-hybridized carbons (Fsp3) is 0.619. The Bertz CT molecular complexity index is 848. The van der Waals surface area contributed by atoms with Crippen molar-refractivity contribution in [3.8, 4) is 0 Å². The number of hydrogen-bond donors (Lipinski definition) is 1. The normalized spacial score (nSPS) is 15.6. The molecule has 0 aliphatic rings. The van der Waals surface area contributed by atoms with Crippen LogP contribution in [0, 0.1) is 5.92 Å². The average molecular weight is 417 g/mol. The van der Waals surface area contributed by atoms with Crippen LogP contribution in [0.15, 0.2) is 24.4 Å². The minimum absolute atomic E-state index is 0.121. The maximum atomic E-state index is 14.0. The highest BCUT2D eigenvalue weighted by molar-refractivity contribution is 7.84. The third kappa shape index (κ3) is 5.17. The van der Waals surface area contributed by atoms with Crippen molar-refractivity contribution in [3.05, 3.63) is 35.5 Å². The van der Waals surface area contributed by atoms with Gasteiger partial charge in [-0.2, -0.15) is 13.2 Å². The summed E-state index contributed by atoms with van der Waals surface area (Å²) in [6.07, 6.45) is -2.99. The van der Waals surface area contributed by atoms with Crippen LogP contribution in [-0.2, 0) is 17.5 Å². The number of benzene rings is 1. The molecule has 0 aliphatic heterocycles. The van der Waals surface area contributed by atoms with E-state index in [1.807, 2.05) is 30.5 Å². The van der Waals surface area contributed by atoms with Crippen molar-refractivity contribution in [2.75, 3.05) is 0 Å². The van der Waals surface area contributed by atoms with Crippen molar-refractivity contribution in [1.29, 1.82) is 0 Å². The fourth-order valence-electron chi connectivity index (χ4n) is 3.06. The molecule has 1 aromatic carbocycles. The van der Waals surface area contributed by atoms with Gasteiger partial charge in [0.25, 0.3) is 0 Å². The lowest BCUT2D eigenvalue weighted by molar-refractivity contribution is -0.152. The number of nitrogens with zero attached hydrogens (tertiary/aromatic N) is 1. The molecule has 1 N–H and O–H groups in total. The van der Waals surface area contributed by atoms with E-state index in [0.717, 1.165) is 11.1 Å². The van der Waals surface area contributed by atoms with Crippen molar-refractivity contribution in [2.24, 2.45) is 5.92 Å². The van der Waals surface area contributed by atoms with E-state index in [9.17, 15) is 17.4 Å². The molecule has 0 amide bonds. The zero-order valence-electron chi connectivity index (χ0n) is 17.6. The standard InChI is InChI=1S/C21H31F3N2OS/c1-13(2)11-26-12-17(16-9-8-15(14(3)4)10-18(16)26)19(21(22,23)24)25-28(27)20(5,6)7/h8-10,12-14,19,25H,11H2,1-7H3/t19-,28-/m0/s1. The van der Waals surface area contributed by atoms with Gasteiger partial charge in [0.05, 0.1) is 15.7 Å². The van der Waals surface area contributed by atoms with Crippen molar-refractivity contribution in [2.45, 2.75) is 77.9 Å². The third-order valence-electron chi connectivity index (χ3n) is 4.59. The summed E-state index contributed by atoms with van der Waals surface area (Å²) in [6, 6.07) is 3.62. The summed E-state index contributed by atoms with van der Waals surface area (Å²) in [5, 5.41) is 0.547. The molecule has 0 fully saturated rings. The lowest BCUT2D eigenvalue weighted by Gasteiger charge is -2.26. The van der Waals surface area contributed by atoms with E-state index in [0.29, 0.717) is 11.9 Å². The van der Waals surface area contributed by atoms with E-state index < -0.39 is 28.0 Å². The third-order valence-corrected chi connectivity index (χ3v) is 6.15. The van der Waals surface area contributed by atoms with Crippen molar-refractivity contribution < 1.29 is 17.4 Å². The largest absolute Gasteiger partial charge is 0.408 e. The first-order valence-electron chi connectivity index (χ1n) is 9.59. The van der Waals surface area contributed by atoms with Crippen molar-refractivity contribution in [3.63, 3.8) is 0 Å². The van der Waals surface area contributed by atoms with Gasteiger partial charge in [-0.25, -0.2) is 8.93 Å². The van der Waals surface area contributed by atoms with Crippen LogP contribution < -0.4 is 4.72 Å². The van der Waals surface area contributed by atoms with Crippen LogP contribution in [0.2, 0.25) is 0 Å². The Morgan fingerprint density at radius 3 is 2.18 bits per heavy atom. The van der Waals surface area contributed by atoms with Crippen LogP contribution in [-0.4, -0.2) is 19.7 Å². The van der Waals surface area contributed by atoms with Gasteiger partial charge in [-0.1, -0.05) is 39.8 Å². The summed E-state index contributed by atoms with van der Waals surface area (Å²) in [5.74, 6) is 0.562. The Labute approximate surface area is 168 Å². The molecular formula is C21H31F3N2OS. The van der Waals surface area contributed by atoms with Crippen LogP contribution in [0.25, 0.3) is 10.9 Å². The van der Waals surface area contributed by atoms with Crippen LogP contribution in [0.5, 0.6) is 0 Å². The minimum atomic E-state index is -4.56. The van der Waals surface area contributed by atoms with E-state index in [4.69, 9.17) is 0 Å². The summed E-state index contributed by atoms with van der Waals surface area (Å²) in [7, 11) is -1.85. The molecule has 0 saturated carbocycles. The summed E-state index contributed by atoms with van der Waals surface area (Å²) in [5.41, 5.74) is 1.99. The second-order valence-corrected chi connectivity index (χ2v) is 11.0. The minimum Gasteiger partial charge on any atom is -0.347 e. The average Bonchev–Trinajstić information content (AvgIpc) is 2.87. The lowest BCUT2D eigenvalue weighted by Crippen LogP contribution is -2.41. The molecular weight excluding hydrogens is 385 g/mol. The molecule has 28 heavy (non-hydrogen) atoms. The van der Waals surface area contributed by atoms with E-state index in [-0.39, 0.29) is 17.4 Å². The Morgan fingerprint density at radius 1 is 1.11 bits per heavy atom. The second kappa shape index (κ2) is 8.19. The van der Waals surface area contributed by atoms with Crippen molar-refractivity contribution in [1.82, 2.24) is 9.29 Å². The van der Waals surface area contributed by atoms with E-state index in [2.05, 4.69) is 18.6 Å². The Kier molecular flexibility index (Phi) is 6.71. The zero-order chi connectivity index (χ0) is 21.4. The van der Waals surface area contributed by atoms with Gasteiger partial charge in [0, 0.05) is 29.2 Å². The summed E-state index contributed by atoms with van der Waals surface area (Å²) in [4.78, 5) is 0. The quantitative estimate of drug-likeness (QED) is 0.609. The molecule has 2 atom stereocenters. The molecule has 0 saturated heterocycles. The van der Waals surface area contributed by atoms with Gasteiger partial charge in [-0.15, -0.1) is 0 Å². The molecule has 1 aromatic heterocycles. The molecule has 1 heterocycles. The number of rotatable bonds is 6. The number of aromatic nitrogens is 1. The predicted octanol–water partition coefficient (Wildman–Crippen LogP) is 6.08. The molecule has 0 aliphatic carbocycles. The van der Waals surface area contributed by atoms with Crippen LogP contribution in [0.1, 0.15) is 71.6 Å². The number of hydrogen-bond acceptors (Lipinski definition) is 1. The monoisotopic (exact) mass is 416 g/mol. The van der Waals surface area contributed by atoms with Crippen LogP contribution in [0.4, 0.5) is 13.2 Å². The number of halogens is 3. The topological polar surface area (TPSA) is 34.0 Å². The fourth-order valence-corrected chi connectivity index (χ4v) is 3.89. The Balaban J connectivity index is 2.65. The lowest BCUT2D eigenvalue weighted by atomic mass is 9.99. The summed E-state index contributed by atoms with van der Waals surface area (Å²) < 4.78 is 57.8. The zero-order valence-corrected chi connectivity index (χ0v) is 18.5. The molecule has 0 spiro atoms. The van der Waals surface area contributed by atoms with Gasteiger partial charge < -0.3 is 4.57 Å². The van der Waals surface area contributed by atoms with Gasteiger partial charge in [-0.05, 0) is 44.2 Å². The molecule has 0 unspecified atom stereocenters. The van der Waals surface area contributed by atoms with Gasteiger partial charge >= 0.3 is 6.18 Å². The highest BCUT2D eigenvalue weighted by atomic mass is 32.2. The molecule has 3 nitrogen and oxygen atoms in total. The smallest absolute Gasteiger partial charge is 0.347 e. The maximum absolute atomic E-state index is 14.0. The Morgan fingerprint density at radius 2 is 1.71 bits per heavy atom. The number of nitrogens with one attached hydrogen (secondary N) is 1. The highest BCUT2D eigenvalue weighted by Crippen LogP contribution is 2.39. The maximum Gasteiger partial charge on any atom is 0.408 e. The van der Waals surface area contributed by atoms with Gasteiger partial charge in [0.1, 0.15) is 6.04 Å². The first-order valence-corrected chi connectivity index (χ1v) is 10.7. The molecule has 7 heteroatoms. The van der Waals surface area contributed by atoms with Gasteiger partial charge in [0.15, 0.2) is 0 Å². The molecule has 158 valence electrons. The van der Waals surface area contributed by atoms with Crippen LogP contribution >= 0.6 is 0 Å².